The molecule has 0 unspecified atom stereocenters. The van der Waals surface area contributed by atoms with Gasteiger partial charge in [0.2, 0.25) is 0 Å². The Kier molecular flexibility index (Phi) is 4.54. The van der Waals surface area contributed by atoms with Crippen LogP contribution in [-0.2, 0) is 0 Å². The fourth-order valence-corrected chi connectivity index (χ4v) is 2.53. The van der Waals surface area contributed by atoms with Gasteiger partial charge >= 0.3 is 0 Å². The van der Waals surface area contributed by atoms with E-state index in [4.69, 9.17) is 22.7 Å². The normalized spacial score (nSPS) is 10.5. The minimum Gasteiger partial charge on any atom is -0.503 e. The monoisotopic (exact) mass is 353 g/mol. The van der Waals surface area contributed by atoms with Gasteiger partial charge in [-0.05, 0) is 25.1 Å². The number of rotatable bonds is 4. The first-order chi connectivity index (χ1) is 12.0. The Hall–Kier alpha value is -3.12. The van der Waals surface area contributed by atoms with Crippen molar-refractivity contribution in [2.45, 2.75) is 6.92 Å². The number of aromatic hydroxyl groups is 1. The van der Waals surface area contributed by atoms with E-state index in [1.54, 1.807) is 18.2 Å². The van der Waals surface area contributed by atoms with Gasteiger partial charge in [0.15, 0.2) is 11.6 Å². The van der Waals surface area contributed by atoms with Gasteiger partial charge in [-0.25, -0.2) is 9.97 Å². The lowest BCUT2D eigenvalue weighted by molar-refractivity contribution is 0.475. The second kappa shape index (κ2) is 6.78. The first-order valence-corrected chi connectivity index (χ1v) is 7.85. The summed E-state index contributed by atoms with van der Waals surface area (Å²) < 4.78 is 0. The highest BCUT2D eigenvalue weighted by Gasteiger charge is 2.13. The molecule has 0 spiro atoms. The lowest BCUT2D eigenvalue weighted by Crippen LogP contribution is -2.11. The number of nitrogens with one attached hydrogen (secondary N) is 2. The van der Waals surface area contributed by atoms with Gasteiger partial charge in [0.05, 0.1) is 10.7 Å². The molecule has 0 aliphatic rings. The fraction of sp³-hybridized carbons (Fsp3) is 0.0556. The first-order valence-electron chi connectivity index (χ1n) is 7.47. The number of halogens is 1. The third-order valence-corrected chi connectivity index (χ3v) is 3.99. The van der Waals surface area contributed by atoms with Crippen molar-refractivity contribution in [3.8, 4) is 17.0 Å². The average molecular weight is 354 g/mol. The van der Waals surface area contributed by atoms with Crippen molar-refractivity contribution in [1.82, 2.24) is 9.97 Å². The molecule has 0 aliphatic carbocycles. The van der Waals surface area contributed by atoms with Crippen molar-refractivity contribution in [2.75, 3.05) is 5.32 Å². The molecule has 0 aliphatic heterocycles. The molecule has 126 valence electrons. The van der Waals surface area contributed by atoms with Crippen molar-refractivity contribution in [1.29, 1.82) is 5.41 Å². The number of hydrogen-bond acceptors (Lipinski definition) is 5. The Morgan fingerprint density at radius 1 is 1.16 bits per heavy atom. The number of hydrogen-bond donors (Lipinski definition) is 4. The fourth-order valence-electron chi connectivity index (χ4n) is 2.30. The molecular formula is C18H16ClN5O. The molecule has 0 radical (unpaired) electrons. The molecule has 3 aromatic rings. The molecule has 0 amide bonds. The van der Waals surface area contributed by atoms with E-state index in [2.05, 4.69) is 15.3 Å². The van der Waals surface area contributed by atoms with E-state index in [1.807, 2.05) is 31.2 Å². The highest BCUT2D eigenvalue weighted by molar-refractivity contribution is 6.33. The zero-order chi connectivity index (χ0) is 18.0. The molecule has 0 saturated carbocycles. The van der Waals surface area contributed by atoms with Gasteiger partial charge in [-0.3, -0.25) is 5.41 Å². The number of nitrogens with two attached hydrogens (primary N) is 1. The standard InChI is InChI=1S/C18H16ClN5O/c1-10-2-4-11(5-3-10)15-16(25)18(23-9-22-15)24-14-7-6-12(17(20)21)8-13(14)19/h2-9,25H,1H3,(H3,20,21)(H,22,23,24). The largest absolute Gasteiger partial charge is 0.503 e. The summed E-state index contributed by atoms with van der Waals surface area (Å²) >= 11 is 6.21. The van der Waals surface area contributed by atoms with E-state index in [-0.39, 0.29) is 17.4 Å². The van der Waals surface area contributed by atoms with Crippen molar-refractivity contribution in [3.05, 3.63) is 64.9 Å². The van der Waals surface area contributed by atoms with Crippen LogP contribution >= 0.6 is 11.6 Å². The van der Waals surface area contributed by atoms with Gasteiger partial charge in [0.25, 0.3) is 0 Å². The Bertz CT molecular complexity index is 941. The van der Waals surface area contributed by atoms with Crippen molar-refractivity contribution in [2.24, 2.45) is 5.73 Å². The Morgan fingerprint density at radius 2 is 1.88 bits per heavy atom. The molecule has 0 atom stereocenters. The summed E-state index contributed by atoms with van der Waals surface area (Å²) in [7, 11) is 0. The topological polar surface area (TPSA) is 108 Å². The number of aromatic nitrogens is 2. The molecule has 1 aromatic heterocycles. The van der Waals surface area contributed by atoms with Crippen LogP contribution in [0.5, 0.6) is 5.75 Å². The molecule has 25 heavy (non-hydrogen) atoms. The van der Waals surface area contributed by atoms with Crippen LogP contribution in [-0.4, -0.2) is 20.9 Å². The number of anilines is 2. The first kappa shape index (κ1) is 16.7. The van der Waals surface area contributed by atoms with E-state index in [1.165, 1.54) is 6.33 Å². The average Bonchev–Trinajstić information content (AvgIpc) is 2.59. The second-order valence-electron chi connectivity index (χ2n) is 5.52. The van der Waals surface area contributed by atoms with Crippen molar-refractivity contribution in [3.63, 3.8) is 0 Å². The number of nitrogen functional groups attached to an aromatic ring is 1. The highest BCUT2D eigenvalue weighted by atomic mass is 35.5. The Labute approximate surface area is 149 Å². The summed E-state index contributed by atoms with van der Waals surface area (Å²) in [6.45, 7) is 1.99. The van der Waals surface area contributed by atoms with E-state index >= 15 is 0 Å². The lowest BCUT2D eigenvalue weighted by Gasteiger charge is -2.12. The minimum absolute atomic E-state index is 0.0695. The summed E-state index contributed by atoms with van der Waals surface area (Å²) in [6.07, 6.45) is 1.37. The quantitative estimate of drug-likeness (QED) is 0.421. The van der Waals surface area contributed by atoms with Gasteiger partial charge in [0.1, 0.15) is 17.9 Å². The van der Waals surface area contributed by atoms with Crippen LogP contribution in [0.3, 0.4) is 0 Å². The smallest absolute Gasteiger partial charge is 0.185 e. The van der Waals surface area contributed by atoms with Gasteiger partial charge in [-0.2, -0.15) is 0 Å². The summed E-state index contributed by atoms with van der Waals surface area (Å²) in [5.41, 5.74) is 8.83. The van der Waals surface area contributed by atoms with Gasteiger partial charge in [0, 0.05) is 11.1 Å². The third kappa shape index (κ3) is 3.54. The van der Waals surface area contributed by atoms with Crippen LogP contribution in [0.1, 0.15) is 11.1 Å². The van der Waals surface area contributed by atoms with Crippen LogP contribution in [0.2, 0.25) is 5.02 Å². The molecule has 5 N–H and O–H groups in total. The molecule has 1 heterocycles. The van der Waals surface area contributed by atoms with E-state index in [0.29, 0.717) is 22.0 Å². The second-order valence-corrected chi connectivity index (χ2v) is 5.93. The molecule has 6 nitrogen and oxygen atoms in total. The predicted molar refractivity (Wildman–Crippen MR) is 99.6 cm³/mol. The van der Waals surface area contributed by atoms with Crippen LogP contribution < -0.4 is 11.1 Å². The maximum absolute atomic E-state index is 10.5. The Morgan fingerprint density at radius 3 is 2.52 bits per heavy atom. The SMILES string of the molecule is Cc1ccc(-c2ncnc(Nc3ccc(C(=N)N)cc3Cl)c2O)cc1. The molecule has 3 rings (SSSR count). The van der Waals surface area contributed by atoms with Crippen molar-refractivity contribution < 1.29 is 5.11 Å². The molecule has 0 fully saturated rings. The minimum atomic E-state index is -0.0712. The predicted octanol–water partition coefficient (Wildman–Crippen LogP) is 3.84. The summed E-state index contributed by atoms with van der Waals surface area (Å²) in [5.74, 6) is 0.0982. The number of nitrogens with zero attached hydrogens (tertiary/aromatic N) is 2. The van der Waals surface area contributed by atoms with Crippen LogP contribution in [0, 0.1) is 12.3 Å². The van der Waals surface area contributed by atoms with Crippen molar-refractivity contribution >= 4 is 28.9 Å². The maximum Gasteiger partial charge on any atom is 0.185 e. The zero-order valence-electron chi connectivity index (χ0n) is 13.4. The summed E-state index contributed by atoms with van der Waals surface area (Å²) in [4.78, 5) is 8.24. The highest BCUT2D eigenvalue weighted by Crippen LogP contribution is 2.35. The Balaban J connectivity index is 1.95. The van der Waals surface area contributed by atoms with Gasteiger partial charge in [-0.1, -0.05) is 41.4 Å². The molecule has 7 heteroatoms. The number of aryl methyl sites for hydroxylation is 1. The van der Waals surface area contributed by atoms with E-state index in [0.717, 1.165) is 11.1 Å². The third-order valence-electron chi connectivity index (χ3n) is 3.68. The lowest BCUT2D eigenvalue weighted by atomic mass is 10.1. The van der Waals surface area contributed by atoms with Gasteiger partial charge < -0.3 is 16.2 Å². The molecule has 0 bridgehead atoms. The molecule has 2 aromatic carbocycles. The van der Waals surface area contributed by atoms with E-state index in [9.17, 15) is 5.11 Å². The molecular weight excluding hydrogens is 338 g/mol. The maximum atomic E-state index is 10.5. The number of amidine groups is 1. The van der Waals surface area contributed by atoms with Crippen LogP contribution in [0.15, 0.2) is 48.8 Å². The van der Waals surface area contributed by atoms with Crippen LogP contribution in [0.4, 0.5) is 11.5 Å². The summed E-state index contributed by atoms with van der Waals surface area (Å²) in [6, 6.07) is 12.6. The van der Waals surface area contributed by atoms with Gasteiger partial charge in [-0.15, -0.1) is 0 Å². The van der Waals surface area contributed by atoms with Crippen LogP contribution in [0.25, 0.3) is 11.3 Å². The number of benzene rings is 2. The van der Waals surface area contributed by atoms with E-state index < -0.39 is 0 Å². The zero-order valence-corrected chi connectivity index (χ0v) is 14.2. The molecule has 0 saturated heterocycles. The summed E-state index contributed by atoms with van der Waals surface area (Å²) in [5, 5.41) is 21.3.